The largest absolute Gasteiger partial charge is 0.495 e. The van der Waals surface area contributed by atoms with Crippen LogP contribution in [0.4, 0.5) is 5.69 Å². The lowest BCUT2D eigenvalue weighted by atomic mass is 10.1. The standard InChI is InChI=1S/C12H20N3O/c1-13-15(6-4-3-5-7-15)11-8-12(16-2)10-14-9-11/h8-10,13H,3-7H2,1-2H3/q+1. The van der Waals surface area contributed by atoms with E-state index in [0.29, 0.717) is 0 Å². The van der Waals surface area contributed by atoms with Crippen LogP contribution in [0.5, 0.6) is 5.75 Å². The molecule has 1 aliphatic rings. The lowest BCUT2D eigenvalue weighted by Gasteiger charge is -2.38. The summed E-state index contributed by atoms with van der Waals surface area (Å²) in [6, 6.07) is 2.08. The first kappa shape index (κ1) is 11.4. The lowest BCUT2D eigenvalue weighted by Crippen LogP contribution is -2.60. The van der Waals surface area contributed by atoms with Crippen LogP contribution in [0.2, 0.25) is 0 Å². The minimum absolute atomic E-state index is 0.824. The zero-order valence-corrected chi connectivity index (χ0v) is 10.1. The van der Waals surface area contributed by atoms with Crippen LogP contribution >= 0.6 is 0 Å². The quantitative estimate of drug-likeness (QED) is 0.791. The molecular formula is C12H20N3O+. The highest BCUT2D eigenvalue weighted by Gasteiger charge is 2.32. The van der Waals surface area contributed by atoms with Crippen molar-refractivity contribution in [3.8, 4) is 5.75 Å². The fourth-order valence-electron chi connectivity index (χ4n) is 2.42. The Labute approximate surface area is 96.8 Å². The number of hydrogen-bond acceptors (Lipinski definition) is 3. The molecule has 0 spiro atoms. The molecule has 88 valence electrons. The second-order valence-electron chi connectivity index (χ2n) is 4.28. The molecule has 1 aliphatic heterocycles. The summed E-state index contributed by atoms with van der Waals surface area (Å²) >= 11 is 0. The molecule has 0 atom stereocenters. The van der Waals surface area contributed by atoms with Crippen molar-refractivity contribution in [1.29, 1.82) is 0 Å². The molecule has 2 heterocycles. The molecule has 0 amide bonds. The number of pyridine rings is 1. The summed E-state index contributed by atoms with van der Waals surface area (Å²) in [6.45, 7) is 2.26. The van der Waals surface area contributed by atoms with Gasteiger partial charge >= 0.3 is 0 Å². The monoisotopic (exact) mass is 222 g/mol. The van der Waals surface area contributed by atoms with Crippen LogP contribution in [0, 0.1) is 0 Å². The number of rotatable bonds is 3. The van der Waals surface area contributed by atoms with Crippen molar-refractivity contribution < 1.29 is 4.74 Å². The second-order valence-corrected chi connectivity index (χ2v) is 4.28. The third kappa shape index (κ3) is 2.03. The van der Waals surface area contributed by atoms with Gasteiger partial charge in [-0.1, -0.05) is 0 Å². The van der Waals surface area contributed by atoms with E-state index in [1.54, 1.807) is 13.3 Å². The Bertz CT molecular complexity index is 348. The molecule has 0 aliphatic carbocycles. The smallest absolute Gasteiger partial charge is 0.174 e. The average molecular weight is 222 g/mol. The van der Waals surface area contributed by atoms with Gasteiger partial charge < -0.3 is 4.74 Å². The van der Waals surface area contributed by atoms with E-state index in [2.05, 4.69) is 16.5 Å². The number of nitrogens with one attached hydrogen (secondary N) is 1. The van der Waals surface area contributed by atoms with E-state index in [9.17, 15) is 0 Å². The van der Waals surface area contributed by atoms with Crippen LogP contribution in [0.15, 0.2) is 18.5 Å². The summed E-state index contributed by atoms with van der Waals surface area (Å²) in [5.74, 6) is 0.829. The highest BCUT2D eigenvalue weighted by molar-refractivity contribution is 5.44. The van der Waals surface area contributed by atoms with E-state index < -0.39 is 0 Å². The fourth-order valence-corrected chi connectivity index (χ4v) is 2.42. The molecule has 1 aromatic heterocycles. The summed E-state index contributed by atoms with van der Waals surface area (Å²) in [5, 5.41) is 0. The number of hydrogen-bond donors (Lipinski definition) is 1. The summed E-state index contributed by atoms with van der Waals surface area (Å²) in [6.07, 6.45) is 7.54. The summed E-state index contributed by atoms with van der Waals surface area (Å²) in [7, 11) is 3.70. The van der Waals surface area contributed by atoms with E-state index in [-0.39, 0.29) is 0 Å². The van der Waals surface area contributed by atoms with Crippen molar-refractivity contribution in [1.82, 2.24) is 15.0 Å². The van der Waals surface area contributed by atoms with Gasteiger partial charge in [0.25, 0.3) is 0 Å². The first-order chi connectivity index (χ1) is 7.80. The topological polar surface area (TPSA) is 34.2 Å². The lowest BCUT2D eigenvalue weighted by molar-refractivity contribution is 0.172. The van der Waals surface area contributed by atoms with Crippen molar-refractivity contribution in [3.63, 3.8) is 0 Å². The predicted molar refractivity (Wildman–Crippen MR) is 65.2 cm³/mol. The van der Waals surface area contributed by atoms with Crippen LogP contribution in [0.1, 0.15) is 19.3 Å². The van der Waals surface area contributed by atoms with Crippen molar-refractivity contribution in [2.75, 3.05) is 27.2 Å². The minimum Gasteiger partial charge on any atom is -0.495 e. The Kier molecular flexibility index (Phi) is 3.41. The van der Waals surface area contributed by atoms with Crippen molar-refractivity contribution in [2.45, 2.75) is 19.3 Å². The molecule has 0 saturated carbocycles. The molecule has 16 heavy (non-hydrogen) atoms. The molecular weight excluding hydrogens is 202 g/mol. The van der Waals surface area contributed by atoms with Gasteiger partial charge in [0.1, 0.15) is 18.8 Å². The van der Waals surface area contributed by atoms with Crippen molar-refractivity contribution >= 4 is 5.69 Å². The molecule has 1 aromatic rings. The molecule has 1 saturated heterocycles. The first-order valence-electron chi connectivity index (χ1n) is 5.86. The molecule has 0 radical (unpaired) electrons. The first-order valence-corrected chi connectivity index (χ1v) is 5.86. The normalized spacial score (nSPS) is 19.4. The average Bonchev–Trinajstić information content (AvgIpc) is 2.39. The highest BCUT2D eigenvalue weighted by Crippen LogP contribution is 2.27. The fraction of sp³-hybridized carbons (Fsp3) is 0.583. The molecule has 4 heteroatoms. The van der Waals surface area contributed by atoms with E-state index in [1.165, 1.54) is 24.9 Å². The summed E-state index contributed by atoms with van der Waals surface area (Å²) in [5.41, 5.74) is 4.62. The van der Waals surface area contributed by atoms with E-state index in [4.69, 9.17) is 4.74 Å². The zero-order chi connectivity index (χ0) is 11.4. The molecule has 2 rings (SSSR count). The van der Waals surface area contributed by atoms with Crippen molar-refractivity contribution in [3.05, 3.63) is 18.5 Å². The SMILES string of the molecule is CN[N+]1(c2cncc(OC)c2)CCCCC1. The molecule has 1 fully saturated rings. The Morgan fingerprint density at radius 3 is 2.62 bits per heavy atom. The van der Waals surface area contributed by atoms with Gasteiger partial charge in [-0.15, -0.1) is 0 Å². The zero-order valence-electron chi connectivity index (χ0n) is 10.1. The third-order valence-electron chi connectivity index (χ3n) is 3.44. The predicted octanol–water partition coefficient (Wildman–Crippen LogP) is 1.72. The Hall–Kier alpha value is -1.13. The van der Waals surface area contributed by atoms with Gasteiger partial charge in [-0.05, 0) is 19.3 Å². The summed E-state index contributed by atoms with van der Waals surface area (Å²) < 4.78 is 6.06. The molecule has 0 aromatic carbocycles. The van der Waals surface area contributed by atoms with Crippen LogP contribution in [0.25, 0.3) is 0 Å². The maximum atomic E-state index is 5.23. The van der Waals surface area contributed by atoms with Gasteiger partial charge in [0.2, 0.25) is 0 Å². The number of methoxy groups -OCH3 is 1. The minimum atomic E-state index is 0.824. The number of aromatic nitrogens is 1. The van der Waals surface area contributed by atoms with E-state index in [1.807, 2.05) is 13.2 Å². The van der Waals surface area contributed by atoms with Gasteiger partial charge in [-0.2, -0.15) is 5.43 Å². The van der Waals surface area contributed by atoms with Crippen LogP contribution < -0.4 is 14.8 Å². The maximum absolute atomic E-state index is 5.23. The van der Waals surface area contributed by atoms with Gasteiger partial charge in [-0.3, -0.25) is 4.98 Å². The second kappa shape index (κ2) is 4.80. The Balaban J connectivity index is 2.31. The summed E-state index contributed by atoms with van der Waals surface area (Å²) in [4.78, 5) is 4.24. The third-order valence-corrected chi connectivity index (χ3v) is 3.44. The molecule has 0 unspecified atom stereocenters. The van der Waals surface area contributed by atoms with Crippen LogP contribution in [0.3, 0.4) is 0 Å². The van der Waals surface area contributed by atoms with Gasteiger partial charge in [0.05, 0.1) is 19.5 Å². The Morgan fingerprint density at radius 2 is 2.00 bits per heavy atom. The number of piperidine rings is 1. The Morgan fingerprint density at radius 1 is 1.25 bits per heavy atom. The number of nitrogens with zero attached hydrogens (tertiary/aromatic N) is 2. The molecule has 4 nitrogen and oxygen atoms in total. The molecule has 0 bridgehead atoms. The van der Waals surface area contributed by atoms with Gasteiger partial charge in [-0.25, -0.2) is 4.59 Å². The van der Waals surface area contributed by atoms with Crippen LogP contribution in [-0.2, 0) is 0 Å². The number of ether oxygens (including phenoxy) is 1. The highest BCUT2D eigenvalue weighted by atomic mass is 16.5. The van der Waals surface area contributed by atoms with Crippen LogP contribution in [-0.4, -0.2) is 32.2 Å². The van der Waals surface area contributed by atoms with Gasteiger partial charge in [0, 0.05) is 13.1 Å². The van der Waals surface area contributed by atoms with Gasteiger partial charge in [0.15, 0.2) is 5.69 Å². The maximum Gasteiger partial charge on any atom is 0.174 e. The molecule has 1 N–H and O–H groups in total. The van der Waals surface area contributed by atoms with E-state index in [0.717, 1.165) is 23.4 Å². The number of quaternary nitrogens is 1. The van der Waals surface area contributed by atoms with Crippen molar-refractivity contribution in [2.24, 2.45) is 0 Å². The van der Waals surface area contributed by atoms with E-state index >= 15 is 0 Å².